The van der Waals surface area contributed by atoms with Crippen LogP contribution in [0.5, 0.6) is 0 Å². The molecule has 0 aromatic heterocycles. The van der Waals surface area contributed by atoms with Gasteiger partial charge >= 0.3 is 11.9 Å². The molecule has 0 aliphatic heterocycles. The minimum Gasteiger partial charge on any atom is -0.462 e. The molecule has 2 amide bonds. The lowest BCUT2D eigenvalue weighted by molar-refractivity contribution is -0.153. The fraction of sp³-hybridized carbons (Fsp3) is 0.167. The Labute approximate surface area is 68.5 Å². The van der Waals surface area contributed by atoms with Gasteiger partial charge in [-0.1, -0.05) is 6.58 Å². The molecule has 0 bridgehead atoms. The van der Waals surface area contributed by atoms with Gasteiger partial charge in [0.1, 0.15) is 0 Å². The van der Waals surface area contributed by atoms with Crippen molar-refractivity contribution in [1.29, 1.82) is 0 Å². The van der Waals surface area contributed by atoms with Crippen molar-refractivity contribution in [3.05, 3.63) is 12.7 Å². The van der Waals surface area contributed by atoms with Gasteiger partial charge < -0.3 is 4.74 Å². The quantitative estimate of drug-likeness (QED) is 0.218. The molecule has 2 N–H and O–H groups in total. The largest absolute Gasteiger partial charge is 0.462 e. The number of rotatable bonds is 1. The minimum atomic E-state index is -1.08. The van der Waals surface area contributed by atoms with Crippen molar-refractivity contribution < 1.29 is 19.1 Å². The first kappa shape index (κ1) is 10.2. The Kier molecular flexibility index (Phi) is 4.13. The number of carbonyl (C=O) groups excluding carboxylic acids is 3. The van der Waals surface area contributed by atoms with Gasteiger partial charge in [-0.3, -0.25) is 20.4 Å². The molecule has 0 rings (SSSR count). The van der Waals surface area contributed by atoms with Crippen LogP contribution >= 0.6 is 0 Å². The molecule has 0 saturated heterocycles. The van der Waals surface area contributed by atoms with Crippen molar-refractivity contribution in [2.75, 3.05) is 7.11 Å². The Morgan fingerprint density at radius 2 is 1.92 bits per heavy atom. The Hall–Kier alpha value is -1.85. The molecule has 0 aliphatic carbocycles. The summed E-state index contributed by atoms with van der Waals surface area (Å²) < 4.78 is 4.05. The third-order valence-electron chi connectivity index (χ3n) is 0.855. The molecule has 0 unspecified atom stereocenters. The maximum atomic E-state index is 10.6. The van der Waals surface area contributed by atoms with Gasteiger partial charge in [0.2, 0.25) is 0 Å². The summed E-state index contributed by atoms with van der Waals surface area (Å²) >= 11 is 0. The number of esters is 1. The van der Waals surface area contributed by atoms with E-state index in [2.05, 4.69) is 11.3 Å². The summed E-state index contributed by atoms with van der Waals surface area (Å²) in [6, 6.07) is 0. The molecule has 0 aliphatic rings. The van der Waals surface area contributed by atoms with Crippen LogP contribution in [0.3, 0.4) is 0 Å². The first-order valence-corrected chi connectivity index (χ1v) is 2.92. The highest BCUT2D eigenvalue weighted by atomic mass is 16.5. The fourth-order valence-corrected chi connectivity index (χ4v) is 0.313. The summed E-state index contributed by atoms with van der Waals surface area (Å²) in [5.74, 6) is -2.75. The van der Waals surface area contributed by atoms with E-state index >= 15 is 0 Å². The molecule has 0 fully saturated rings. The average molecular weight is 172 g/mol. The highest BCUT2D eigenvalue weighted by molar-refractivity contribution is 6.32. The van der Waals surface area contributed by atoms with E-state index in [1.54, 1.807) is 5.43 Å². The van der Waals surface area contributed by atoms with E-state index < -0.39 is 17.8 Å². The topological polar surface area (TPSA) is 84.5 Å². The maximum Gasteiger partial charge on any atom is 0.398 e. The number of carbonyl (C=O) groups is 3. The summed E-state index contributed by atoms with van der Waals surface area (Å²) in [5, 5.41) is 0. The van der Waals surface area contributed by atoms with Crippen molar-refractivity contribution in [2.24, 2.45) is 0 Å². The third kappa shape index (κ3) is 3.35. The Morgan fingerprint density at radius 3 is 2.33 bits per heavy atom. The van der Waals surface area contributed by atoms with Crippen LogP contribution in [0.1, 0.15) is 0 Å². The second-order valence-electron chi connectivity index (χ2n) is 1.64. The molecule has 0 saturated carbocycles. The summed E-state index contributed by atoms with van der Waals surface area (Å²) in [6.45, 7) is 3.12. The van der Waals surface area contributed by atoms with Gasteiger partial charge in [0, 0.05) is 0 Å². The molecule has 6 nitrogen and oxygen atoms in total. The molecule has 12 heavy (non-hydrogen) atoms. The molecule has 0 atom stereocenters. The summed E-state index contributed by atoms with van der Waals surface area (Å²) in [4.78, 5) is 31.4. The molecule has 0 radical (unpaired) electrons. The first-order valence-electron chi connectivity index (χ1n) is 2.92. The van der Waals surface area contributed by atoms with E-state index in [0.717, 1.165) is 13.2 Å². The Bertz CT molecular complexity index is 224. The van der Waals surface area contributed by atoms with Crippen molar-refractivity contribution in [2.45, 2.75) is 0 Å². The Balaban J connectivity index is 3.79. The lowest BCUT2D eigenvalue weighted by Gasteiger charge is -2.01. The van der Waals surface area contributed by atoms with Crippen LogP contribution in [0.2, 0.25) is 0 Å². The standard InChI is InChI=1S/C6H8N2O4/c1-3-4(9)7-8-5(10)6(11)12-2/h3H,1H2,2H3,(H,7,9)(H,8,10). The van der Waals surface area contributed by atoms with Crippen molar-refractivity contribution >= 4 is 17.8 Å². The number of amides is 2. The van der Waals surface area contributed by atoms with Gasteiger partial charge in [-0.05, 0) is 6.08 Å². The number of methoxy groups -OCH3 is 1. The van der Waals surface area contributed by atoms with E-state index in [-0.39, 0.29) is 0 Å². The normalized spacial score (nSPS) is 8.08. The van der Waals surface area contributed by atoms with Gasteiger partial charge in [0.25, 0.3) is 5.91 Å². The zero-order valence-corrected chi connectivity index (χ0v) is 6.42. The Morgan fingerprint density at radius 1 is 1.33 bits per heavy atom. The smallest absolute Gasteiger partial charge is 0.398 e. The van der Waals surface area contributed by atoms with Gasteiger partial charge in [0.15, 0.2) is 0 Å². The SMILES string of the molecule is C=CC(=O)NNC(=O)C(=O)OC. The van der Waals surface area contributed by atoms with Crippen LogP contribution in [0.4, 0.5) is 0 Å². The number of hydrogen-bond acceptors (Lipinski definition) is 4. The van der Waals surface area contributed by atoms with E-state index in [1.807, 2.05) is 5.43 Å². The van der Waals surface area contributed by atoms with Crippen molar-refractivity contribution in [1.82, 2.24) is 10.9 Å². The molecule has 0 aromatic rings. The van der Waals surface area contributed by atoms with Crippen LogP contribution in [0.25, 0.3) is 0 Å². The second-order valence-corrected chi connectivity index (χ2v) is 1.64. The number of ether oxygens (including phenoxy) is 1. The highest BCUT2D eigenvalue weighted by Gasteiger charge is 2.12. The van der Waals surface area contributed by atoms with Crippen LogP contribution in [0.15, 0.2) is 12.7 Å². The number of nitrogens with one attached hydrogen (secondary N) is 2. The monoisotopic (exact) mass is 172 g/mol. The number of hydrazine groups is 1. The van der Waals surface area contributed by atoms with E-state index in [4.69, 9.17) is 0 Å². The summed E-state index contributed by atoms with van der Waals surface area (Å²) in [5.41, 5.74) is 3.69. The predicted molar refractivity (Wildman–Crippen MR) is 38.5 cm³/mol. The minimum absolute atomic E-state index is 0.618. The zero-order chi connectivity index (χ0) is 9.56. The molecule has 0 spiro atoms. The molecular formula is C6H8N2O4. The lowest BCUT2D eigenvalue weighted by Crippen LogP contribution is -2.44. The zero-order valence-electron chi connectivity index (χ0n) is 6.42. The van der Waals surface area contributed by atoms with Crippen LogP contribution in [0, 0.1) is 0 Å². The molecular weight excluding hydrogens is 164 g/mol. The van der Waals surface area contributed by atoms with E-state index in [9.17, 15) is 14.4 Å². The van der Waals surface area contributed by atoms with Gasteiger partial charge in [-0.2, -0.15) is 0 Å². The van der Waals surface area contributed by atoms with Crippen LogP contribution in [-0.4, -0.2) is 24.9 Å². The molecule has 66 valence electrons. The highest BCUT2D eigenvalue weighted by Crippen LogP contribution is 1.71. The molecule has 0 heterocycles. The second kappa shape index (κ2) is 4.89. The van der Waals surface area contributed by atoms with Crippen molar-refractivity contribution in [3.63, 3.8) is 0 Å². The number of hydrogen-bond donors (Lipinski definition) is 2. The molecule has 6 heteroatoms. The summed E-state index contributed by atoms with van der Waals surface area (Å²) in [6.07, 6.45) is 0.942. The van der Waals surface area contributed by atoms with E-state index in [0.29, 0.717) is 0 Å². The maximum absolute atomic E-state index is 10.6. The third-order valence-corrected chi connectivity index (χ3v) is 0.855. The lowest BCUT2D eigenvalue weighted by atomic mass is 10.6. The summed E-state index contributed by atoms with van der Waals surface area (Å²) in [7, 11) is 1.05. The predicted octanol–water partition coefficient (Wildman–Crippen LogP) is -1.51. The van der Waals surface area contributed by atoms with Crippen LogP contribution in [-0.2, 0) is 19.1 Å². The van der Waals surface area contributed by atoms with E-state index in [1.165, 1.54) is 0 Å². The fourth-order valence-electron chi connectivity index (χ4n) is 0.313. The van der Waals surface area contributed by atoms with Crippen molar-refractivity contribution in [3.8, 4) is 0 Å². The van der Waals surface area contributed by atoms with Crippen LogP contribution < -0.4 is 10.9 Å². The van der Waals surface area contributed by atoms with Gasteiger partial charge in [-0.25, -0.2) is 4.79 Å². The molecule has 0 aromatic carbocycles. The van der Waals surface area contributed by atoms with Gasteiger partial charge in [0.05, 0.1) is 7.11 Å². The first-order chi connectivity index (χ1) is 5.61. The average Bonchev–Trinajstić information content (AvgIpc) is 2.11. The van der Waals surface area contributed by atoms with Gasteiger partial charge in [-0.15, -0.1) is 0 Å².